The molecule has 0 aliphatic rings. The van der Waals surface area contributed by atoms with Crippen LogP contribution in [0.2, 0.25) is 0 Å². The van der Waals surface area contributed by atoms with E-state index in [1.165, 1.54) is 0 Å². The zero-order valence-corrected chi connectivity index (χ0v) is 4.70. The lowest BCUT2D eigenvalue weighted by Gasteiger charge is -2.02. The first-order chi connectivity index (χ1) is 4.20. The monoisotopic (exact) mass is 132 g/mol. The maximum absolute atomic E-state index is 9.87. The number of nitrogens with one attached hydrogen (secondary N) is 1. The van der Waals surface area contributed by atoms with E-state index in [2.05, 4.69) is 0 Å². The van der Waals surface area contributed by atoms with Crippen LogP contribution in [0.25, 0.3) is 0 Å². The molecule has 52 valence electrons. The number of carboxylic acids is 1. The normalized spacial score (nSPS) is 12.6. The minimum Gasteiger partial charge on any atom is -0.481 e. The predicted octanol–water partition coefficient (Wildman–Crippen LogP) is -1.51. The molecule has 5 heteroatoms. The molecular formula is C4H8N2O3. The summed E-state index contributed by atoms with van der Waals surface area (Å²) in [5.41, 5.74) is 2.03. The molecule has 4 N–H and O–H groups in total. The van der Waals surface area contributed by atoms with Crippen molar-refractivity contribution < 1.29 is 14.7 Å². The van der Waals surface area contributed by atoms with Crippen LogP contribution in [0.4, 0.5) is 0 Å². The van der Waals surface area contributed by atoms with Gasteiger partial charge in [-0.2, -0.15) is 0 Å². The second-order valence-corrected chi connectivity index (χ2v) is 1.51. The van der Waals surface area contributed by atoms with E-state index >= 15 is 0 Å². The van der Waals surface area contributed by atoms with Crippen LogP contribution in [0, 0.1) is 0 Å². The van der Waals surface area contributed by atoms with Crippen LogP contribution in [0.15, 0.2) is 0 Å². The third-order valence-corrected chi connectivity index (χ3v) is 0.773. The minimum absolute atomic E-state index is 0.278. The van der Waals surface area contributed by atoms with E-state index in [9.17, 15) is 9.59 Å². The molecule has 0 bridgehead atoms. The van der Waals surface area contributed by atoms with Crippen LogP contribution in [-0.4, -0.2) is 23.4 Å². The maximum atomic E-state index is 9.87. The second kappa shape index (κ2) is 3.99. The number of nitrogens with two attached hydrogens (primary N) is 1. The highest BCUT2D eigenvalue weighted by atomic mass is 16.4. The molecule has 5 nitrogen and oxygen atoms in total. The van der Waals surface area contributed by atoms with Crippen molar-refractivity contribution in [1.82, 2.24) is 5.43 Å². The highest BCUT2D eigenvalue weighted by Gasteiger charge is 2.08. The van der Waals surface area contributed by atoms with E-state index in [-0.39, 0.29) is 6.42 Å². The lowest BCUT2D eigenvalue weighted by molar-refractivity contribution is -0.138. The van der Waals surface area contributed by atoms with Gasteiger partial charge >= 0.3 is 5.97 Å². The van der Waals surface area contributed by atoms with Crippen molar-refractivity contribution in [3.05, 3.63) is 0 Å². The zero-order chi connectivity index (χ0) is 7.28. The Morgan fingerprint density at radius 3 is 2.56 bits per heavy atom. The van der Waals surface area contributed by atoms with Gasteiger partial charge in [-0.15, -0.1) is 0 Å². The molecule has 0 spiro atoms. The molecule has 1 unspecified atom stereocenters. The van der Waals surface area contributed by atoms with Crippen LogP contribution in [0.1, 0.15) is 6.42 Å². The number of hydrazine groups is 1. The number of hydrogen-bond donors (Lipinski definition) is 3. The van der Waals surface area contributed by atoms with Gasteiger partial charge < -0.3 is 9.90 Å². The number of aliphatic carboxylic acids is 1. The lowest BCUT2D eigenvalue weighted by atomic mass is 10.2. The number of carbonyl (C=O) groups excluding carboxylic acids is 1. The number of carboxylic acid groups (broad SMARTS) is 1. The van der Waals surface area contributed by atoms with E-state index in [4.69, 9.17) is 10.9 Å². The smallest absolute Gasteiger partial charge is 0.305 e. The number of hydrogen-bond acceptors (Lipinski definition) is 4. The summed E-state index contributed by atoms with van der Waals surface area (Å²) in [7, 11) is 0. The highest BCUT2D eigenvalue weighted by molar-refractivity contribution is 5.73. The molecule has 0 aliphatic carbocycles. The standard InChI is InChI=1S/C4H8N2O3/c5-6-3(2-7)1-4(8)9/h2-3,6H,1,5H2,(H,8,9). The first-order valence-electron chi connectivity index (χ1n) is 2.34. The Bertz CT molecular complexity index is 114. The fraction of sp³-hybridized carbons (Fsp3) is 0.500. The van der Waals surface area contributed by atoms with E-state index in [0.717, 1.165) is 0 Å². The van der Waals surface area contributed by atoms with Crippen LogP contribution in [-0.2, 0) is 9.59 Å². The molecule has 0 aliphatic heterocycles. The van der Waals surface area contributed by atoms with Gasteiger partial charge in [-0.05, 0) is 0 Å². The first kappa shape index (κ1) is 8.06. The van der Waals surface area contributed by atoms with Gasteiger partial charge in [-0.25, -0.2) is 5.43 Å². The van der Waals surface area contributed by atoms with Gasteiger partial charge in [-0.3, -0.25) is 10.6 Å². The van der Waals surface area contributed by atoms with Crippen molar-refractivity contribution in [2.24, 2.45) is 5.84 Å². The number of carbonyl (C=O) groups is 2. The SMILES string of the molecule is NNC(C=O)CC(=O)O. The zero-order valence-electron chi connectivity index (χ0n) is 4.70. The van der Waals surface area contributed by atoms with E-state index in [0.29, 0.717) is 6.29 Å². The summed E-state index contributed by atoms with van der Waals surface area (Å²) in [6.45, 7) is 0. The maximum Gasteiger partial charge on any atom is 0.305 e. The minimum atomic E-state index is -1.05. The van der Waals surface area contributed by atoms with Gasteiger partial charge in [0.05, 0.1) is 12.5 Å². The molecule has 0 heterocycles. The summed E-state index contributed by atoms with van der Waals surface area (Å²) in [4.78, 5) is 19.7. The molecule has 0 saturated carbocycles. The van der Waals surface area contributed by atoms with Crippen molar-refractivity contribution in [2.75, 3.05) is 0 Å². The second-order valence-electron chi connectivity index (χ2n) is 1.51. The fourth-order valence-corrected chi connectivity index (χ4v) is 0.334. The fourth-order valence-electron chi connectivity index (χ4n) is 0.334. The Balaban J connectivity index is 3.55. The Morgan fingerprint density at radius 2 is 2.44 bits per heavy atom. The van der Waals surface area contributed by atoms with Crippen LogP contribution in [0.5, 0.6) is 0 Å². The summed E-state index contributed by atoms with van der Waals surface area (Å²) in [5.74, 6) is 3.74. The van der Waals surface area contributed by atoms with E-state index in [1.807, 2.05) is 5.43 Å². The van der Waals surface area contributed by atoms with Crippen LogP contribution in [0.3, 0.4) is 0 Å². The van der Waals surface area contributed by atoms with Gasteiger partial charge in [0, 0.05) is 0 Å². The summed E-state index contributed by atoms with van der Waals surface area (Å²) in [6, 6.07) is -0.775. The summed E-state index contributed by atoms with van der Waals surface area (Å²) in [5, 5.41) is 8.09. The molecule has 0 aromatic carbocycles. The highest BCUT2D eigenvalue weighted by Crippen LogP contribution is 1.83. The molecule has 0 amide bonds. The van der Waals surface area contributed by atoms with Crippen molar-refractivity contribution >= 4 is 12.3 Å². The molecular weight excluding hydrogens is 124 g/mol. The van der Waals surface area contributed by atoms with Crippen molar-refractivity contribution in [3.63, 3.8) is 0 Å². The lowest BCUT2D eigenvalue weighted by Crippen LogP contribution is -2.37. The van der Waals surface area contributed by atoms with E-state index in [1.54, 1.807) is 0 Å². The Morgan fingerprint density at radius 1 is 1.89 bits per heavy atom. The Labute approximate surface area is 51.8 Å². The third-order valence-electron chi connectivity index (χ3n) is 0.773. The van der Waals surface area contributed by atoms with Gasteiger partial charge in [0.25, 0.3) is 0 Å². The Hall–Kier alpha value is -0.940. The molecule has 0 aromatic heterocycles. The summed E-state index contributed by atoms with van der Waals surface area (Å²) < 4.78 is 0. The number of rotatable bonds is 4. The summed E-state index contributed by atoms with van der Waals surface area (Å²) >= 11 is 0. The molecule has 0 rings (SSSR count). The topological polar surface area (TPSA) is 92.4 Å². The largest absolute Gasteiger partial charge is 0.481 e. The molecule has 0 radical (unpaired) electrons. The molecule has 1 atom stereocenters. The quantitative estimate of drug-likeness (QED) is 0.246. The van der Waals surface area contributed by atoms with Crippen molar-refractivity contribution in [1.29, 1.82) is 0 Å². The average molecular weight is 132 g/mol. The van der Waals surface area contributed by atoms with Crippen molar-refractivity contribution in [3.8, 4) is 0 Å². The molecule has 0 aromatic rings. The summed E-state index contributed by atoms with van der Waals surface area (Å²) in [6.07, 6.45) is 0.175. The predicted molar refractivity (Wildman–Crippen MR) is 29.4 cm³/mol. The average Bonchev–Trinajstić information content (AvgIpc) is 1.82. The van der Waals surface area contributed by atoms with E-state index < -0.39 is 12.0 Å². The van der Waals surface area contributed by atoms with Crippen molar-refractivity contribution in [2.45, 2.75) is 12.5 Å². The Kier molecular flexibility index (Phi) is 3.57. The van der Waals surface area contributed by atoms with Crippen LogP contribution < -0.4 is 11.3 Å². The van der Waals surface area contributed by atoms with Gasteiger partial charge in [0.1, 0.15) is 6.29 Å². The van der Waals surface area contributed by atoms with Crippen LogP contribution >= 0.6 is 0 Å². The van der Waals surface area contributed by atoms with Gasteiger partial charge in [0.2, 0.25) is 0 Å². The first-order valence-corrected chi connectivity index (χ1v) is 2.34. The molecule has 0 saturated heterocycles. The third kappa shape index (κ3) is 3.63. The number of aldehydes is 1. The molecule has 9 heavy (non-hydrogen) atoms. The molecule has 0 fully saturated rings. The van der Waals surface area contributed by atoms with Gasteiger partial charge in [0.15, 0.2) is 0 Å². The van der Waals surface area contributed by atoms with Gasteiger partial charge in [-0.1, -0.05) is 0 Å².